The summed E-state index contributed by atoms with van der Waals surface area (Å²) in [6.07, 6.45) is 3.79. The van der Waals surface area contributed by atoms with E-state index in [2.05, 4.69) is 0 Å². The SMILES string of the molecule is COc1cc(F)c(B(C2(F)C=CC=C(F)C2)C2(F)C=CC=C(F)C2)c(F)c1. The summed E-state index contributed by atoms with van der Waals surface area (Å²) in [5, 5.41) is 0. The molecule has 27 heavy (non-hydrogen) atoms. The molecule has 1 aromatic carbocycles. The summed E-state index contributed by atoms with van der Waals surface area (Å²) in [7, 11) is 1.17. The first kappa shape index (κ1) is 19.4. The van der Waals surface area contributed by atoms with Crippen molar-refractivity contribution in [1.82, 2.24) is 0 Å². The van der Waals surface area contributed by atoms with Gasteiger partial charge in [0, 0.05) is 25.0 Å². The molecule has 2 aliphatic carbocycles. The van der Waals surface area contributed by atoms with E-state index in [9.17, 15) is 17.6 Å². The summed E-state index contributed by atoms with van der Waals surface area (Å²) in [5.74, 6) is -4.56. The Morgan fingerprint density at radius 1 is 0.852 bits per heavy atom. The van der Waals surface area contributed by atoms with Gasteiger partial charge in [-0.25, -0.2) is 26.3 Å². The van der Waals surface area contributed by atoms with E-state index >= 15 is 8.78 Å². The van der Waals surface area contributed by atoms with Gasteiger partial charge in [-0.05, 0) is 17.6 Å². The fourth-order valence-corrected chi connectivity index (χ4v) is 3.61. The highest BCUT2D eigenvalue weighted by molar-refractivity contribution is 6.79. The highest BCUT2D eigenvalue weighted by Gasteiger charge is 2.58. The van der Waals surface area contributed by atoms with Crippen LogP contribution in [0, 0.1) is 11.6 Å². The summed E-state index contributed by atoms with van der Waals surface area (Å²) in [5.41, 5.74) is -6.56. The summed E-state index contributed by atoms with van der Waals surface area (Å²) < 4.78 is 93.1. The van der Waals surface area contributed by atoms with Crippen molar-refractivity contribution in [2.24, 2.45) is 0 Å². The molecule has 0 bridgehead atoms. The zero-order chi connectivity index (χ0) is 19.8. The molecule has 3 rings (SSSR count). The molecule has 1 aromatic rings. The number of allylic oxidation sites excluding steroid dienone is 8. The van der Waals surface area contributed by atoms with Crippen LogP contribution < -0.4 is 10.2 Å². The lowest BCUT2D eigenvalue weighted by atomic mass is 9.26. The van der Waals surface area contributed by atoms with Gasteiger partial charge in [0.25, 0.3) is 6.71 Å². The Labute approximate surface area is 152 Å². The molecule has 0 N–H and O–H groups in total. The number of benzene rings is 1. The van der Waals surface area contributed by atoms with Crippen molar-refractivity contribution in [3.8, 4) is 5.75 Å². The van der Waals surface area contributed by atoms with Crippen LogP contribution in [-0.4, -0.2) is 25.0 Å². The second-order valence-electron chi connectivity index (χ2n) is 6.59. The molecular formula is C19H15BF6O. The fraction of sp³-hybridized carbons (Fsp3) is 0.263. The Morgan fingerprint density at radius 3 is 1.67 bits per heavy atom. The molecule has 2 atom stereocenters. The quantitative estimate of drug-likeness (QED) is 0.536. The molecular weight excluding hydrogens is 369 g/mol. The Bertz CT molecular complexity index is 812. The van der Waals surface area contributed by atoms with Crippen LogP contribution in [0.3, 0.4) is 0 Å². The number of alkyl halides is 2. The molecule has 0 aliphatic heterocycles. The van der Waals surface area contributed by atoms with Gasteiger partial charge >= 0.3 is 0 Å². The number of hydrogen-bond donors (Lipinski definition) is 0. The van der Waals surface area contributed by atoms with Crippen molar-refractivity contribution in [1.29, 1.82) is 0 Å². The van der Waals surface area contributed by atoms with Crippen molar-refractivity contribution in [2.75, 3.05) is 7.11 Å². The molecule has 0 fully saturated rings. The maximum Gasteiger partial charge on any atom is 0.282 e. The molecule has 2 unspecified atom stereocenters. The van der Waals surface area contributed by atoms with Crippen molar-refractivity contribution < 1.29 is 31.1 Å². The minimum Gasteiger partial charge on any atom is -0.497 e. The van der Waals surface area contributed by atoms with Gasteiger partial charge < -0.3 is 4.74 Å². The zero-order valence-corrected chi connectivity index (χ0v) is 14.3. The van der Waals surface area contributed by atoms with E-state index in [0.717, 1.165) is 48.6 Å². The topological polar surface area (TPSA) is 9.23 Å². The lowest BCUT2D eigenvalue weighted by Gasteiger charge is -2.39. The van der Waals surface area contributed by atoms with Crippen molar-refractivity contribution in [2.45, 2.75) is 24.0 Å². The predicted octanol–water partition coefficient (Wildman–Crippen LogP) is 4.80. The van der Waals surface area contributed by atoms with Crippen LogP contribution in [0.15, 0.2) is 60.2 Å². The molecule has 2 aliphatic rings. The lowest BCUT2D eigenvalue weighted by molar-refractivity contribution is 0.257. The highest BCUT2D eigenvalue weighted by Crippen LogP contribution is 2.41. The van der Waals surface area contributed by atoms with Crippen LogP contribution in [-0.2, 0) is 0 Å². The van der Waals surface area contributed by atoms with Crippen LogP contribution in [0.1, 0.15) is 12.8 Å². The van der Waals surface area contributed by atoms with E-state index in [-0.39, 0.29) is 5.75 Å². The normalized spacial score (nSPS) is 27.2. The molecule has 8 heteroatoms. The Balaban J connectivity index is 2.21. The monoisotopic (exact) mass is 384 g/mol. The minimum absolute atomic E-state index is 0.191. The Hall–Kier alpha value is -2.38. The number of ether oxygens (including phenoxy) is 1. The molecule has 0 saturated heterocycles. The van der Waals surface area contributed by atoms with E-state index in [0.29, 0.717) is 0 Å². The number of hydrogen-bond acceptors (Lipinski definition) is 1. The van der Waals surface area contributed by atoms with Crippen molar-refractivity contribution in [3.63, 3.8) is 0 Å². The van der Waals surface area contributed by atoms with Gasteiger partial charge in [-0.1, -0.05) is 24.3 Å². The van der Waals surface area contributed by atoms with Crippen LogP contribution in [0.25, 0.3) is 0 Å². The largest absolute Gasteiger partial charge is 0.497 e. The van der Waals surface area contributed by atoms with Gasteiger partial charge in [0.1, 0.15) is 40.2 Å². The van der Waals surface area contributed by atoms with Gasteiger partial charge in [0.15, 0.2) is 0 Å². The van der Waals surface area contributed by atoms with Crippen molar-refractivity contribution >= 4 is 12.2 Å². The van der Waals surface area contributed by atoms with Crippen molar-refractivity contribution in [3.05, 3.63) is 71.9 Å². The van der Waals surface area contributed by atoms with E-state index in [1.807, 2.05) is 0 Å². The highest BCUT2D eigenvalue weighted by atomic mass is 19.2. The van der Waals surface area contributed by atoms with Gasteiger partial charge in [-0.15, -0.1) is 0 Å². The second-order valence-corrected chi connectivity index (χ2v) is 6.59. The molecule has 0 spiro atoms. The summed E-state index contributed by atoms with van der Waals surface area (Å²) >= 11 is 0. The molecule has 0 heterocycles. The molecule has 0 aromatic heterocycles. The maximum absolute atomic E-state index is 15.7. The van der Waals surface area contributed by atoms with Gasteiger partial charge in [0.05, 0.1) is 7.11 Å². The summed E-state index contributed by atoms with van der Waals surface area (Å²) in [6, 6.07) is 1.55. The van der Waals surface area contributed by atoms with Crippen LogP contribution >= 0.6 is 0 Å². The number of methoxy groups -OCH3 is 1. The minimum atomic E-state index is -2.81. The third-order valence-electron chi connectivity index (χ3n) is 4.72. The lowest BCUT2D eigenvalue weighted by Crippen LogP contribution is -2.64. The average molecular weight is 384 g/mol. The third-order valence-corrected chi connectivity index (χ3v) is 4.72. The molecule has 0 saturated carbocycles. The van der Waals surface area contributed by atoms with E-state index in [1.165, 1.54) is 7.11 Å². The smallest absolute Gasteiger partial charge is 0.282 e. The number of rotatable bonds is 4. The number of halogens is 6. The standard InChI is InChI=1S/C19H15BF6O/c1-27-14-8-15(23)17(16(24)9-14)20(18(25)6-2-4-12(21)10-18)19(26)7-3-5-13(22)11-19/h2-9H,10-11H2,1H3. The van der Waals surface area contributed by atoms with Gasteiger partial charge in [-0.3, -0.25) is 0 Å². The van der Waals surface area contributed by atoms with Crippen LogP contribution in [0.2, 0.25) is 0 Å². The maximum atomic E-state index is 15.7. The summed E-state index contributed by atoms with van der Waals surface area (Å²) in [4.78, 5) is 0. The predicted molar refractivity (Wildman–Crippen MR) is 91.9 cm³/mol. The first-order chi connectivity index (χ1) is 12.7. The van der Waals surface area contributed by atoms with E-state index in [4.69, 9.17) is 4.74 Å². The molecule has 0 amide bonds. The summed E-state index contributed by atoms with van der Waals surface area (Å²) in [6.45, 7) is -2.16. The zero-order valence-electron chi connectivity index (χ0n) is 14.3. The van der Waals surface area contributed by atoms with Gasteiger partial charge in [-0.2, -0.15) is 0 Å². The van der Waals surface area contributed by atoms with Crippen LogP contribution in [0.4, 0.5) is 26.3 Å². The first-order valence-electron chi connectivity index (χ1n) is 8.17. The van der Waals surface area contributed by atoms with E-state index in [1.54, 1.807) is 0 Å². The Kier molecular flexibility index (Phi) is 5.01. The molecule has 142 valence electrons. The molecule has 1 nitrogen and oxygen atoms in total. The second kappa shape index (κ2) is 6.98. The fourth-order valence-electron chi connectivity index (χ4n) is 3.61. The Morgan fingerprint density at radius 2 is 1.30 bits per heavy atom. The molecule has 0 radical (unpaired) electrons. The average Bonchev–Trinajstić information content (AvgIpc) is 2.56. The first-order valence-corrected chi connectivity index (χ1v) is 8.17. The van der Waals surface area contributed by atoms with Crippen LogP contribution in [0.5, 0.6) is 5.75 Å². The third kappa shape index (κ3) is 3.57. The van der Waals surface area contributed by atoms with Gasteiger partial charge in [0.2, 0.25) is 0 Å². The van der Waals surface area contributed by atoms with E-state index < -0.39 is 59.4 Å².